The molecule has 0 bridgehead atoms. The van der Waals surface area contributed by atoms with Crippen LogP contribution in [0.25, 0.3) is 6.08 Å². The molecule has 4 nitrogen and oxygen atoms in total. The quantitative estimate of drug-likeness (QED) is 0.520. The normalized spacial score (nSPS) is 14.2. The molecule has 4 rings (SSSR count). The topological polar surface area (TPSA) is 58.2 Å². The van der Waals surface area contributed by atoms with Crippen LogP contribution in [-0.2, 0) is 11.3 Å². The van der Waals surface area contributed by atoms with E-state index in [1.807, 2.05) is 55.5 Å². The number of benzene rings is 3. The number of anilines is 1. The molecule has 1 aliphatic rings. The lowest BCUT2D eigenvalue weighted by atomic mass is 10.1. The molecule has 1 aliphatic heterocycles. The SMILES string of the molecule is Cc1cccc(/C=C2/Sc3ccc(C(=O)NCc4ccc(Cl)cc4)cc3NC2=O)c1. The van der Waals surface area contributed by atoms with Crippen LogP contribution < -0.4 is 10.6 Å². The van der Waals surface area contributed by atoms with Crippen molar-refractivity contribution in [3.63, 3.8) is 0 Å². The van der Waals surface area contributed by atoms with Crippen LogP contribution in [0.1, 0.15) is 27.0 Å². The fourth-order valence-corrected chi connectivity index (χ4v) is 4.16. The zero-order chi connectivity index (χ0) is 21.1. The van der Waals surface area contributed by atoms with E-state index in [1.54, 1.807) is 24.3 Å². The van der Waals surface area contributed by atoms with Crippen LogP contribution in [0.15, 0.2) is 76.5 Å². The van der Waals surface area contributed by atoms with Crippen molar-refractivity contribution in [3.05, 3.63) is 98.9 Å². The van der Waals surface area contributed by atoms with Crippen molar-refractivity contribution < 1.29 is 9.59 Å². The van der Waals surface area contributed by atoms with E-state index < -0.39 is 0 Å². The zero-order valence-corrected chi connectivity index (χ0v) is 17.8. The van der Waals surface area contributed by atoms with Gasteiger partial charge >= 0.3 is 0 Å². The second-order valence-corrected chi connectivity index (χ2v) is 8.52. The number of fused-ring (bicyclic) bond motifs is 1. The van der Waals surface area contributed by atoms with Crippen molar-refractivity contribution in [1.82, 2.24) is 5.32 Å². The van der Waals surface area contributed by atoms with Crippen LogP contribution in [0.3, 0.4) is 0 Å². The summed E-state index contributed by atoms with van der Waals surface area (Å²) in [6.07, 6.45) is 1.88. The highest BCUT2D eigenvalue weighted by atomic mass is 35.5. The predicted molar refractivity (Wildman–Crippen MR) is 123 cm³/mol. The second kappa shape index (κ2) is 8.78. The van der Waals surface area contributed by atoms with Crippen molar-refractivity contribution in [2.75, 3.05) is 5.32 Å². The molecule has 2 amide bonds. The Labute approximate surface area is 184 Å². The first-order valence-corrected chi connectivity index (χ1v) is 10.6. The number of aryl methyl sites for hydroxylation is 1. The van der Waals surface area contributed by atoms with Gasteiger partial charge in [0.2, 0.25) is 0 Å². The Morgan fingerprint density at radius 2 is 1.90 bits per heavy atom. The largest absolute Gasteiger partial charge is 0.348 e. The number of carbonyl (C=O) groups excluding carboxylic acids is 2. The molecule has 3 aromatic carbocycles. The summed E-state index contributed by atoms with van der Waals surface area (Å²) >= 11 is 7.29. The van der Waals surface area contributed by atoms with Gasteiger partial charge in [-0.15, -0.1) is 0 Å². The number of rotatable bonds is 4. The van der Waals surface area contributed by atoms with Crippen molar-refractivity contribution in [3.8, 4) is 0 Å². The highest BCUT2D eigenvalue weighted by Gasteiger charge is 2.22. The van der Waals surface area contributed by atoms with Crippen molar-refractivity contribution in [2.24, 2.45) is 0 Å². The lowest BCUT2D eigenvalue weighted by Crippen LogP contribution is -2.23. The minimum Gasteiger partial charge on any atom is -0.348 e. The van der Waals surface area contributed by atoms with Crippen LogP contribution in [0.2, 0.25) is 5.02 Å². The molecule has 0 saturated heterocycles. The smallest absolute Gasteiger partial charge is 0.262 e. The van der Waals surface area contributed by atoms with Gasteiger partial charge in [0.1, 0.15) is 0 Å². The molecule has 0 fully saturated rings. The summed E-state index contributed by atoms with van der Waals surface area (Å²) in [5.74, 6) is -0.374. The molecule has 0 saturated carbocycles. The maximum atomic E-state index is 12.6. The molecule has 2 N–H and O–H groups in total. The van der Waals surface area contributed by atoms with E-state index in [0.717, 1.165) is 21.6 Å². The van der Waals surface area contributed by atoms with Gasteiger partial charge in [-0.25, -0.2) is 0 Å². The molecule has 0 radical (unpaired) electrons. The summed E-state index contributed by atoms with van der Waals surface area (Å²) in [6.45, 7) is 2.42. The Morgan fingerprint density at radius 1 is 1.10 bits per heavy atom. The number of carbonyl (C=O) groups is 2. The van der Waals surface area contributed by atoms with Gasteiger partial charge in [0.15, 0.2) is 0 Å². The number of thioether (sulfide) groups is 1. The monoisotopic (exact) mass is 434 g/mol. The van der Waals surface area contributed by atoms with E-state index in [-0.39, 0.29) is 11.8 Å². The second-order valence-electron chi connectivity index (χ2n) is 7.00. The number of hydrogen-bond donors (Lipinski definition) is 2. The van der Waals surface area contributed by atoms with Gasteiger partial charge in [-0.3, -0.25) is 9.59 Å². The minimum absolute atomic E-state index is 0.173. The first-order chi connectivity index (χ1) is 14.5. The summed E-state index contributed by atoms with van der Waals surface area (Å²) in [4.78, 5) is 26.6. The Hall–Kier alpha value is -3.02. The number of hydrogen-bond acceptors (Lipinski definition) is 3. The molecule has 0 atom stereocenters. The third kappa shape index (κ3) is 4.75. The number of amides is 2. The average Bonchev–Trinajstić information content (AvgIpc) is 2.73. The zero-order valence-electron chi connectivity index (χ0n) is 16.2. The van der Waals surface area contributed by atoms with Crippen LogP contribution in [0.5, 0.6) is 0 Å². The number of halogens is 1. The summed E-state index contributed by atoms with van der Waals surface area (Å²) in [7, 11) is 0. The Morgan fingerprint density at radius 3 is 2.67 bits per heavy atom. The molecule has 0 aliphatic carbocycles. The van der Waals surface area contributed by atoms with E-state index >= 15 is 0 Å². The van der Waals surface area contributed by atoms with Crippen molar-refractivity contribution >= 4 is 46.9 Å². The minimum atomic E-state index is -0.201. The molecule has 0 aromatic heterocycles. The van der Waals surface area contributed by atoms with Crippen LogP contribution in [0, 0.1) is 6.92 Å². The number of nitrogens with one attached hydrogen (secondary N) is 2. The van der Waals surface area contributed by atoms with Crippen molar-refractivity contribution in [1.29, 1.82) is 0 Å². The molecule has 150 valence electrons. The lowest BCUT2D eigenvalue weighted by molar-refractivity contribution is -0.112. The summed E-state index contributed by atoms with van der Waals surface area (Å²) in [6, 6.07) is 20.6. The van der Waals surface area contributed by atoms with Gasteiger partial charge in [-0.2, -0.15) is 0 Å². The third-order valence-corrected chi connectivity index (χ3v) is 5.99. The van der Waals surface area contributed by atoms with Gasteiger partial charge in [0, 0.05) is 22.0 Å². The molecule has 6 heteroatoms. The summed E-state index contributed by atoms with van der Waals surface area (Å²) < 4.78 is 0. The molecule has 0 unspecified atom stereocenters. The average molecular weight is 435 g/mol. The molecule has 30 heavy (non-hydrogen) atoms. The van der Waals surface area contributed by atoms with Crippen LogP contribution in [-0.4, -0.2) is 11.8 Å². The molecule has 0 spiro atoms. The highest BCUT2D eigenvalue weighted by molar-refractivity contribution is 8.04. The standard InChI is InChI=1S/C24H19ClN2O2S/c1-15-3-2-4-17(11-15)12-22-24(29)27-20-13-18(7-10-21(20)30-22)23(28)26-14-16-5-8-19(25)9-6-16/h2-13H,14H2,1H3,(H,26,28)(H,27,29)/b22-12+. The van der Waals surface area contributed by atoms with Gasteiger partial charge in [0.25, 0.3) is 11.8 Å². The lowest BCUT2D eigenvalue weighted by Gasteiger charge is -2.19. The van der Waals surface area contributed by atoms with E-state index in [9.17, 15) is 9.59 Å². The Bertz CT molecular complexity index is 1160. The third-order valence-electron chi connectivity index (χ3n) is 4.64. The van der Waals surface area contributed by atoms with Gasteiger partial charge in [-0.1, -0.05) is 65.3 Å². The van der Waals surface area contributed by atoms with Gasteiger partial charge in [-0.05, 0) is 54.5 Å². The summed E-state index contributed by atoms with van der Waals surface area (Å²) in [5, 5.41) is 6.44. The maximum Gasteiger partial charge on any atom is 0.262 e. The van der Waals surface area contributed by atoms with E-state index in [2.05, 4.69) is 10.6 Å². The fourth-order valence-electron chi connectivity index (χ4n) is 3.10. The Balaban J connectivity index is 1.48. The first kappa shape index (κ1) is 20.3. The first-order valence-electron chi connectivity index (χ1n) is 9.42. The van der Waals surface area contributed by atoms with Gasteiger partial charge in [0.05, 0.1) is 10.6 Å². The van der Waals surface area contributed by atoms with Crippen molar-refractivity contribution in [2.45, 2.75) is 18.4 Å². The molecule has 1 heterocycles. The molecule has 3 aromatic rings. The maximum absolute atomic E-state index is 12.6. The molecular weight excluding hydrogens is 416 g/mol. The van der Waals surface area contributed by atoms with E-state index in [1.165, 1.54) is 11.8 Å². The van der Waals surface area contributed by atoms with E-state index in [0.29, 0.717) is 27.7 Å². The van der Waals surface area contributed by atoms with Crippen LogP contribution >= 0.6 is 23.4 Å². The van der Waals surface area contributed by atoms with Crippen LogP contribution in [0.4, 0.5) is 5.69 Å². The Kier molecular flexibility index (Phi) is 5.93. The van der Waals surface area contributed by atoms with E-state index in [4.69, 9.17) is 11.6 Å². The van der Waals surface area contributed by atoms with Gasteiger partial charge < -0.3 is 10.6 Å². The highest BCUT2D eigenvalue weighted by Crippen LogP contribution is 2.39. The molecular formula is C24H19ClN2O2S. The fraction of sp³-hybridized carbons (Fsp3) is 0.0833. The predicted octanol–water partition coefficient (Wildman–Crippen LogP) is 5.66. The summed E-state index contributed by atoms with van der Waals surface area (Å²) in [5.41, 5.74) is 4.22.